The summed E-state index contributed by atoms with van der Waals surface area (Å²) in [6, 6.07) is 12.8. The molecule has 32 heavy (non-hydrogen) atoms. The lowest BCUT2D eigenvalue weighted by atomic mass is 9.99. The number of amides is 1. The first-order valence-corrected chi connectivity index (χ1v) is 10.5. The van der Waals surface area contributed by atoms with E-state index in [4.69, 9.17) is 13.6 Å². The topological polar surface area (TPSA) is 93.1 Å². The molecule has 1 amide bonds. The van der Waals surface area contributed by atoms with Crippen molar-refractivity contribution in [2.75, 3.05) is 6.61 Å². The lowest BCUT2D eigenvalue weighted by Gasteiger charge is -2.22. The average Bonchev–Trinajstić information content (AvgIpc) is 3.49. The van der Waals surface area contributed by atoms with Gasteiger partial charge in [0.25, 0.3) is 11.7 Å². The molecule has 0 bridgehead atoms. The molecule has 1 unspecified atom stereocenters. The number of carbonyl (C=O) groups excluding carboxylic acids is 2. The standard InChI is InChI=1S/C25H25NO6/c1-15(2)14-31-18-7-4-6-17(12-18)23(27)21-22(20-10-9-16(3)32-20)26(25(29)24(21)28)13-19-8-5-11-30-19/h4-12,15,22,27H,13-14H2,1-3H3/b23-21-. The Kier molecular flexibility index (Phi) is 5.90. The lowest BCUT2D eigenvalue weighted by Crippen LogP contribution is -2.28. The van der Waals surface area contributed by atoms with E-state index in [9.17, 15) is 14.7 Å². The molecular weight excluding hydrogens is 410 g/mol. The van der Waals surface area contributed by atoms with Crippen molar-refractivity contribution in [2.24, 2.45) is 5.92 Å². The van der Waals surface area contributed by atoms with Gasteiger partial charge in [-0.05, 0) is 49.2 Å². The maximum Gasteiger partial charge on any atom is 0.296 e. The Bertz CT molecular complexity index is 1150. The summed E-state index contributed by atoms with van der Waals surface area (Å²) in [5, 5.41) is 11.2. The summed E-state index contributed by atoms with van der Waals surface area (Å²) < 4.78 is 16.9. The van der Waals surface area contributed by atoms with Crippen LogP contribution in [0.5, 0.6) is 5.75 Å². The van der Waals surface area contributed by atoms with E-state index in [0.29, 0.717) is 41.1 Å². The molecular formula is C25H25NO6. The van der Waals surface area contributed by atoms with Gasteiger partial charge in [0, 0.05) is 5.56 Å². The van der Waals surface area contributed by atoms with Crippen LogP contribution in [0.4, 0.5) is 0 Å². The molecule has 1 aliphatic rings. The van der Waals surface area contributed by atoms with Gasteiger partial charge in [-0.2, -0.15) is 0 Å². The second-order valence-electron chi connectivity index (χ2n) is 8.19. The zero-order valence-corrected chi connectivity index (χ0v) is 18.2. The molecule has 1 atom stereocenters. The van der Waals surface area contributed by atoms with Crippen molar-refractivity contribution in [3.63, 3.8) is 0 Å². The number of hydrogen-bond acceptors (Lipinski definition) is 6. The molecule has 1 fully saturated rings. The van der Waals surface area contributed by atoms with Crippen LogP contribution in [0.15, 0.2) is 69.2 Å². The fourth-order valence-electron chi connectivity index (χ4n) is 3.66. The fourth-order valence-corrected chi connectivity index (χ4v) is 3.66. The van der Waals surface area contributed by atoms with Crippen LogP contribution in [0.3, 0.4) is 0 Å². The van der Waals surface area contributed by atoms with Crippen LogP contribution in [0.2, 0.25) is 0 Å². The molecule has 166 valence electrons. The number of likely N-dealkylation sites (tertiary alicyclic amines) is 1. The van der Waals surface area contributed by atoms with Crippen LogP contribution in [0.25, 0.3) is 5.76 Å². The molecule has 0 radical (unpaired) electrons. The number of nitrogens with zero attached hydrogens (tertiary/aromatic N) is 1. The summed E-state index contributed by atoms with van der Waals surface area (Å²) in [5.41, 5.74) is 0.354. The van der Waals surface area contributed by atoms with Gasteiger partial charge in [-0.25, -0.2) is 0 Å². The Hall–Kier alpha value is -3.74. The number of ketones is 1. The molecule has 2 aromatic heterocycles. The molecule has 4 rings (SSSR count). The Morgan fingerprint density at radius 1 is 1.16 bits per heavy atom. The number of Topliss-reactive ketones (excluding diaryl/α,β-unsaturated/α-hetero) is 1. The van der Waals surface area contributed by atoms with E-state index in [1.165, 1.54) is 11.2 Å². The molecule has 0 saturated carbocycles. The summed E-state index contributed by atoms with van der Waals surface area (Å²) in [4.78, 5) is 27.3. The van der Waals surface area contributed by atoms with E-state index in [-0.39, 0.29) is 17.9 Å². The van der Waals surface area contributed by atoms with Crippen molar-refractivity contribution in [1.82, 2.24) is 4.90 Å². The smallest absolute Gasteiger partial charge is 0.296 e. The van der Waals surface area contributed by atoms with Gasteiger partial charge in [-0.15, -0.1) is 0 Å². The maximum atomic E-state index is 13.0. The number of rotatable bonds is 7. The van der Waals surface area contributed by atoms with Crippen LogP contribution in [0.1, 0.15) is 42.7 Å². The van der Waals surface area contributed by atoms with E-state index < -0.39 is 17.7 Å². The maximum absolute atomic E-state index is 13.0. The molecule has 3 aromatic rings. The fraction of sp³-hybridized carbons (Fsp3) is 0.280. The number of hydrogen-bond donors (Lipinski definition) is 1. The Labute approximate surface area is 185 Å². The van der Waals surface area contributed by atoms with Gasteiger partial charge in [0.2, 0.25) is 0 Å². The molecule has 1 saturated heterocycles. The van der Waals surface area contributed by atoms with Crippen molar-refractivity contribution in [2.45, 2.75) is 33.4 Å². The Balaban J connectivity index is 1.78. The van der Waals surface area contributed by atoms with Gasteiger partial charge in [-0.1, -0.05) is 26.0 Å². The summed E-state index contributed by atoms with van der Waals surface area (Å²) in [6.07, 6.45) is 1.50. The van der Waals surface area contributed by atoms with E-state index >= 15 is 0 Å². The van der Waals surface area contributed by atoms with Gasteiger partial charge in [0.15, 0.2) is 0 Å². The highest BCUT2D eigenvalue weighted by atomic mass is 16.5. The monoisotopic (exact) mass is 435 g/mol. The largest absolute Gasteiger partial charge is 0.507 e. The van der Waals surface area contributed by atoms with E-state index in [2.05, 4.69) is 0 Å². The molecule has 0 aliphatic carbocycles. The normalized spacial score (nSPS) is 18.0. The quantitative estimate of drug-likeness (QED) is 0.324. The lowest BCUT2D eigenvalue weighted by molar-refractivity contribution is -0.140. The van der Waals surface area contributed by atoms with Crippen molar-refractivity contribution < 1.29 is 28.3 Å². The number of aryl methyl sites for hydroxylation is 1. The number of furan rings is 2. The van der Waals surface area contributed by atoms with Crippen molar-refractivity contribution >= 4 is 17.4 Å². The van der Waals surface area contributed by atoms with Gasteiger partial charge in [0.1, 0.15) is 34.8 Å². The third kappa shape index (κ3) is 4.19. The van der Waals surface area contributed by atoms with Gasteiger partial charge >= 0.3 is 0 Å². The highest BCUT2D eigenvalue weighted by molar-refractivity contribution is 6.46. The third-order valence-electron chi connectivity index (χ3n) is 5.17. The van der Waals surface area contributed by atoms with E-state index in [1.807, 2.05) is 13.8 Å². The molecule has 1 N–H and O–H groups in total. The van der Waals surface area contributed by atoms with Crippen molar-refractivity contribution in [3.05, 3.63) is 83.2 Å². The first-order valence-electron chi connectivity index (χ1n) is 10.5. The third-order valence-corrected chi connectivity index (χ3v) is 5.17. The first kappa shape index (κ1) is 21.5. The minimum absolute atomic E-state index is 0.0306. The van der Waals surface area contributed by atoms with Crippen molar-refractivity contribution in [1.29, 1.82) is 0 Å². The number of aliphatic hydroxyl groups excluding tert-OH is 1. The molecule has 1 aliphatic heterocycles. The second-order valence-corrected chi connectivity index (χ2v) is 8.19. The van der Waals surface area contributed by atoms with E-state index in [1.54, 1.807) is 55.5 Å². The van der Waals surface area contributed by atoms with Crippen LogP contribution < -0.4 is 4.74 Å². The van der Waals surface area contributed by atoms with Gasteiger partial charge in [0.05, 0.1) is 25.0 Å². The predicted molar refractivity (Wildman–Crippen MR) is 117 cm³/mol. The molecule has 1 aromatic carbocycles. The van der Waals surface area contributed by atoms with Crippen LogP contribution in [-0.4, -0.2) is 28.3 Å². The summed E-state index contributed by atoms with van der Waals surface area (Å²) in [7, 11) is 0. The molecule has 7 nitrogen and oxygen atoms in total. The van der Waals surface area contributed by atoms with Crippen molar-refractivity contribution in [3.8, 4) is 5.75 Å². The first-order chi connectivity index (χ1) is 15.3. The SMILES string of the molecule is Cc1ccc(C2/C(=C(/O)c3cccc(OCC(C)C)c3)C(=O)C(=O)N2Cc2ccco2)o1. The minimum Gasteiger partial charge on any atom is -0.507 e. The number of ether oxygens (including phenoxy) is 1. The number of aliphatic hydroxyl groups is 1. The molecule has 0 spiro atoms. The number of benzene rings is 1. The van der Waals surface area contributed by atoms with Gasteiger partial charge < -0.3 is 23.6 Å². The summed E-state index contributed by atoms with van der Waals surface area (Å²) in [6.45, 7) is 6.43. The Morgan fingerprint density at radius 3 is 2.62 bits per heavy atom. The highest BCUT2D eigenvalue weighted by Gasteiger charge is 2.47. The predicted octanol–water partition coefficient (Wildman–Crippen LogP) is 4.84. The second kappa shape index (κ2) is 8.78. The zero-order valence-electron chi connectivity index (χ0n) is 18.2. The van der Waals surface area contributed by atoms with E-state index in [0.717, 1.165) is 0 Å². The molecule has 3 heterocycles. The van der Waals surface area contributed by atoms with Crippen LogP contribution in [-0.2, 0) is 16.1 Å². The van der Waals surface area contributed by atoms with Crippen LogP contribution >= 0.6 is 0 Å². The number of carbonyl (C=O) groups is 2. The highest BCUT2D eigenvalue weighted by Crippen LogP contribution is 2.41. The average molecular weight is 435 g/mol. The zero-order chi connectivity index (χ0) is 22.8. The van der Waals surface area contributed by atoms with Crippen LogP contribution in [0, 0.1) is 12.8 Å². The summed E-state index contributed by atoms with van der Waals surface area (Å²) in [5.74, 6) is 0.661. The molecule has 7 heteroatoms. The minimum atomic E-state index is -0.881. The Morgan fingerprint density at radius 2 is 1.97 bits per heavy atom. The summed E-state index contributed by atoms with van der Waals surface area (Å²) >= 11 is 0. The van der Waals surface area contributed by atoms with Gasteiger partial charge in [-0.3, -0.25) is 9.59 Å².